The molecule has 0 aliphatic rings. The van der Waals surface area contributed by atoms with E-state index in [4.69, 9.17) is 16.0 Å². The van der Waals surface area contributed by atoms with Crippen molar-refractivity contribution in [2.45, 2.75) is 6.42 Å². The molecule has 3 heteroatoms. The summed E-state index contributed by atoms with van der Waals surface area (Å²) in [6.07, 6.45) is 2.42. The fourth-order valence-corrected chi connectivity index (χ4v) is 2.14. The van der Waals surface area contributed by atoms with Crippen molar-refractivity contribution in [3.05, 3.63) is 54.6 Å². The van der Waals surface area contributed by atoms with Crippen LogP contribution in [0, 0.1) is 0 Å². The zero-order chi connectivity index (χ0) is 12.4. The molecule has 0 saturated heterocycles. The molecule has 1 aromatic heterocycles. The highest BCUT2D eigenvalue weighted by molar-refractivity contribution is 6.17. The molecular weight excluding hydrogens is 246 g/mol. The topological polar surface area (TPSA) is 26.0 Å². The number of hydrogen-bond acceptors (Lipinski definition) is 2. The predicted molar refractivity (Wildman–Crippen MR) is 73.9 cm³/mol. The number of oxazole rings is 1. The number of aromatic nitrogens is 1. The Bertz CT molecular complexity index is 675. The number of alkyl halides is 1. The van der Waals surface area contributed by atoms with Crippen molar-refractivity contribution in [2.75, 3.05) is 5.88 Å². The second-order valence-electron chi connectivity index (χ2n) is 4.12. The van der Waals surface area contributed by atoms with Crippen molar-refractivity contribution in [3.8, 4) is 11.3 Å². The first-order valence-electron chi connectivity index (χ1n) is 5.86. The van der Waals surface area contributed by atoms with Gasteiger partial charge in [-0.05, 0) is 16.8 Å². The number of halogens is 1. The van der Waals surface area contributed by atoms with Crippen LogP contribution in [0.2, 0.25) is 0 Å². The number of rotatable bonds is 3. The third-order valence-electron chi connectivity index (χ3n) is 2.90. The van der Waals surface area contributed by atoms with Crippen LogP contribution in [0.4, 0.5) is 0 Å². The van der Waals surface area contributed by atoms with E-state index >= 15 is 0 Å². The standard InChI is InChI=1S/C15H12ClNO/c16-8-7-15-17-10-14(18-15)13-6-5-11-3-1-2-4-12(11)9-13/h1-6,9-10H,7-8H2. The number of hydrogen-bond donors (Lipinski definition) is 0. The zero-order valence-corrected chi connectivity index (χ0v) is 10.5. The molecule has 2 aromatic carbocycles. The highest BCUT2D eigenvalue weighted by atomic mass is 35.5. The quantitative estimate of drug-likeness (QED) is 0.655. The molecule has 0 atom stereocenters. The maximum atomic E-state index is 5.67. The van der Waals surface area contributed by atoms with Crippen molar-refractivity contribution < 1.29 is 4.42 Å². The smallest absolute Gasteiger partial charge is 0.196 e. The molecule has 0 unspecified atom stereocenters. The molecule has 0 spiro atoms. The Morgan fingerprint density at radius 3 is 2.72 bits per heavy atom. The van der Waals surface area contributed by atoms with E-state index in [0.29, 0.717) is 18.2 Å². The van der Waals surface area contributed by atoms with Crippen molar-refractivity contribution >= 4 is 22.4 Å². The van der Waals surface area contributed by atoms with Crippen LogP contribution in [0.25, 0.3) is 22.1 Å². The van der Waals surface area contributed by atoms with Crippen LogP contribution in [0.1, 0.15) is 5.89 Å². The third-order valence-corrected chi connectivity index (χ3v) is 3.08. The molecule has 18 heavy (non-hydrogen) atoms. The molecule has 0 aliphatic heterocycles. The minimum Gasteiger partial charge on any atom is -0.441 e. The molecule has 0 N–H and O–H groups in total. The van der Waals surface area contributed by atoms with E-state index in [-0.39, 0.29) is 0 Å². The minimum absolute atomic E-state index is 0.525. The molecule has 0 amide bonds. The van der Waals surface area contributed by atoms with Crippen LogP contribution in [-0.4, -0.2) is 10.9 Å². The summed E-state index contributed by atoms with van der Waals surface area (Å²) in [5.41, 5.74) is 1.04. The average molecular weight is 258 g/mol. The van der Waals surface area contributed by atoms with Gasteiger partial charge in [0.25, 0.3) is 0 Å². The lowest BCUT2D eigenvalue weighted by Gasteiger charge is -2.00. The molecule has 0 bridgehead atoms. The minimum atomic E-state index is 0.525. The van der Waals surface area contributed by atoms with Gasteiger partial charge in [0.2, 0.25) is 0 Å². The van der Waals surface area contributed by atoms with Gasteiger partial charge >= 0.3 is 0 Å². The van der Waals surface area contributed by atoms with Crippen LogP contribution < -0.4 is 0 Å². The fourth-order valence-electron chi connectivity index (χ4n) is 1.98. The Morgan fingerprint density at radius 2 is 1.89 bits per heavy atom. The molecule has 1 heterocycles. The fraction of sp³-hybridized carbons (Fsp3) is 0.133. The molecule has 3 rings (SSSR count). The van der Waals surface area contributed by atoms with Gasteiger partial charge in [-0.2, -0.15) is 0 Å². The summed E-state index contributed by atoms with van der Waals surface area (Å²) in [6, 6.07) is 14.5. The second kappa shape index (κ2) is 4.83. The van der Waals surface area contributed by atoms with E-state index in [1.807, 2.05) is 18.2 Å². The van der Waals surface area contributed by atoms with Crippen molar-refractivity contribution in [1.82, 2.24) is 4.98 Å². The Kier molecular flexibility index (Phi) is 3.03. The van der Waals surface area contributed by atoms with E-state index < -0.39 is 0 Å². The molecule has 0 fully saturated rings. The van der Waals surface area contributed by atoms with Gasteiger partial charge in [0.15, 0.2) is 11.7 Å². The van der Waals surface area contributed by atoms with Gasteiger partial charge in [-0.25, -0.2) is 4.98 Å². The number of nitrogens with zero attached hydrogens (tertiary/aromatic N) is 1. The predicted octanol–water partition coefficient (Wildman–Crippen LogP) is 4.28. The first-order valence-corrected chi connectivity index (χ1v) is 6.40. The van der Waals surface area contributed by atoms with Gasteiger partial charge in [0, 0.05) is 17.9 Å². The van der Waals surface area contributed by atoms with Gasteiger partial charge in [-0.1, -0.05) is 36.4 Å². The molecule has 0 radical (unpaired) electrons. The summed E-state index contributed by atoms with van der Waals surface area (Å²) < 4.78 is 5.66. The van der Waals surface area contributed by atoms with Crippen LogP contribution in [-0.2, 0) is 6.42 Å². The average Bonchev–Trinajstić information content (AvgIpc) is 2.87. The Labute approximate surface area is 110 Å². The van der Waals surface area contributed by atoms with Crippen molar-refractivity contribution in [2.24, 2.45) is 0 Å². The highest BCUT2D eigenvalue weighted by Crippen LogP contribution is 2.25. The van der Waals surface area contributed by atoms with Gasteiger partial charge in [-0.15, -0.1) is 11.6 Å². The molecule has 2 nitrogen and oxygen atoms in total. The van der Waals surface area contributed by atoms with Crippen LogP contribution in [0.5, 0.6) is 0 Å². The third kappa shape index (κ3) is 2.12. The SMILES string of the molecule is ClCCc1ncc(-c2ccc3ccccc3c2)o1. The summed E-state index contributed by atoms with van der Waals surface area (Å²) in [7, 11) is 0. The highest BCUT2D eigenvalue weighted by Gasteiger charge is 2.06. The number of fused-ring (bicyclic) bond motifs is 1. The molecule has 0 aliphatic carbocycles. The summed E-state index contributed by atoms with van der Waals surface area (Å²) >= 11 is 5.67. The van der Waals surface area contributed by atoms with Gasteiger partial charge in [0.1, 0.15) is 0 Å². The molecular formula is C15H12ClNO. The van der Waals surface area contributed by atoms with Crippen LogP contribution >= 0.6 is 11.6 Å². The normalized spacial score (nSPS) is 10.9. The second-order valence-corrected chi connectivity index (χ2v) is 4.50. The van der Waals surface area contributed by atoms with Gasteiger partial charge in [0.05, 0.1) is 6.20 Å². The molecule has 0 saturated carbocycles. The van der Waals surface area contributed by atoms with E-state index in [2.05, 4.69) is 29.2 Å². The zero-order valence-electron chi connectivity index (χ0n) is 9.77. The number of benzene rings is 2. The van der Waals surface area contributed by atoms with Gasteiger partial charge < -0.3 is 4.42 Å². The first-order chi connectivity index (χ1) is 8.86. The maximum absolute atomic E-state index is 5.67. The summed E-state index contributed by atoms with van der Waals surface area (Å²) in [6.45, 7) is 0. The van der Waals surface area contributed by atoms with E-state index in [9.17, 15) is 0 Å². The number of aryl methyl sites for hydroxylation is 1. The molecule has 3 aromatic rings. The lowest BCUT2D eigenvalue weighted by Crippen LogP contribution is -1.83. The summed E-state index contributed by atoms with van der Waals surface area (Å²) in [4.78, 5) is 4.21. The van der Waals surface area contributed by atoms with Crippen molar-refractivity contribution in [3.63, 3.8) is 0 Å². The van der Waals surface area contributed by atoms with E-state index in [1.165, 1.54) is 10.8 Å². The van der Waals surface area contributed by atoms with E-state index in [0.717, 1.165) is 11.3 Å². The largest absolute Gasteiger partial charge is 0.441 e. The molecule has 90 valence electrons. The Balaban J connectivity index is 2.02. The van der Waals surface area contributed by atoms with Crippen molar-refractivity contribution in [1.29, 1.82) is 0 Å². The van der Waals surface area contributed by atoms with Gasteiger partial charge in [-0.3, -0.25) is 0 Å². The lowest BCUT2D eigenvalue weighted by atomic mass is 10.1. The summed E-state index contributed by atoms with van der Waals surface area (Å²) in [5.74, 6) is 2.01. The maximum Gasteiger partial charge on any atom is 0.196 e. The van der Waals surface area contributed by atoms with E-state index in [1.54, 1.807) is 6.20 Å². The Hall–Kier alpha value is -1.80. The lowest BCUT2D eigenvalue weighted by molar-refractivity contribution is 0.515. The monoisotopic (exact) mass is 257 g/mol. The first kappa shape index (κ1) is 11.3. The van der Waals surface area contributed by atoms with Crippen LogP contribution in [0.15, 0.2) is 53.1 Å². The van der Waals surface area contributed by atoms with Crippen LogP contribution in [0.3, 0.4) is 0 Å². The summed E-state index contributed by atoms with van der Waals surface area (Å²) in [5, 5.41) is 2.42. The Morgan fingerprint density at radius 1 is 1.06 bits per heavy atom.